The highest BCUT2D eigenvalue weighted by Gasteiger charge is 2.16. The summed E-state index contributed by atoms with van der Waals surface area (Å²) in [6, 6.07) is 2.03. The van der Waals surface area contributed by atoms with E-state index in [1.165, 1.54) is 25.3 Å². The van der Waals surface area contributed by atoms with Crippen LogP contribution in [-0.2, 0) is 29.0 Å². The lowest BCUT2D eigenvalue weighted by Crippen LogP contribution is -2.10. The monoisotopic (exact) mass is 235 g/mol. The van der Waals surface area contributed by atoms with Crippen molar-refractivity contribution in [3.8, 4) is 5.75 Å². The Bertz CT molecular complexity index is 429. The molecule has 1 aliphatic rings. The van der Waals surface area contributed by atoms with Gasteiger partial charge in [0.2, 0.25) is 0 Å². The Kier molecular flexibility index (Phi) is 3.61. The lowest BCUT2D eigenvalue weighted by atomic mass is 9.95. The number of carbonyl (C=O) groups excluding carboxylic acids is 1. The molecule has 4 nitrogen and oxygen atoms in total. The van der Waals surface area contributed by atoms with Crippen LogP contribution >= 0.6 is 0 Å². The first-order chi connectivity index (χ1) is 8.20. The number of ether oxygens (including phenoxy) is 2. The van der Waals surface area contributed by atoms with Crippen LogP contribution in [0.25, 0.3) is 0 Å². The zero-order chi connectivity index (χ0) is 12.3. The van der Waals surface area contributed by atoms with E-state index in [2.05, 4.69) is 4.98 Å². The number of carbonyl (C=O) groups is 1. The number of rotatable bonds is 3. The molecule has 0 saturated carbocycles. The number of esters is 1. The van der Waals surface area contributed by atoms with Crippen molar-refractivity contribution in [3.05, 3.63) is 23.0 Å². The summed E-state index contributed by atoms with van der Waals surface area (Å²) in [6.07, 6.45) is 4.46. The fourth-order valence-electron chi connectivity index (χ4n) is 2.11. The summed E-state index contributed by atoms with van der Waals surface area (Å²) in [5.41, 5.74) is 3.10. The fourth-order valence-corrected chi connectivity index (χ4v) is 2.11. The SMILES string of the molecule is COc1cc2c(nc1COC(C)=O)CCCC2. The Balaban J connectivity index is 2.26. The molecule has 0 spiro atoms. The first-order valence-electron chi connectivity index (χ1n) is 5.89. The van der Waals surface area contributed by atoms with E-state index in [0.717, 1.165) is 18.5 Å². The van der Waals surface area contributed by atoms with Crippen molar-refractivity contribution in [2.45, 2.75) is 39.2 Å². The molecule has 1 heterocycles. The summed E-state index contributed by atoms with van der Waals surface area (Å²) in [5.74, 6) is 0.415. The minimum absolute atomic E-state index is 0.186. The molecule has 0 unspecified atom stereocenters. The second-order valence-electron chi connectivity index (χ2n) is 4.23. The lowest BCUT2D eigenvalue weighted by molar-refractivity contribution is -0.142. The molecule has 1 aromatic heterocycles. The number of hydrogen-bond donors (Lipinski definition) is 0. The molecule has 0 aliphatic heterocycles. The van der Waals surface area contributed by atoms with Crippen molar-refractivity contribution in [2.24, 2.45) is 0 Å². The molecule has 4 heteroatoms. The van der Waals surface area contributed by atoms with Crippen molar-refractivity contribution in [1.29, 1.82) is 0 Å². The van der Waals surface area contributed by atoms with Crippen molar-refractivity contribution < 1.29 is 14.3 Å². The summed E-state index contributed by atoms with van der Waals surface area (Å²) < 4.78 is 10.3. The number of aromatic nitrogens is 1. The van der Waals surface area contributed by atoms with Gasteiger partial charge in [0.25, 0.3) is 0 Å². The quantitative estimate of drug-likeness (QED) is 0.752. The van der Waals surface area contributed by atoms with Crippen molar-refractivity contribution >= 4 is 5.97 Å². The van der Waals surface area contributed by atoms with E-state index in [0.29, 0.717) is 11.4 Å². The van der Waals surface area contributed by atoms with Crippen LogP contribution < -0.4 is 4.74 Å². The predicted octanol–water partition coefficient (Wildman–Crippen LogP) is 2.03. The van der Waals surface area contributed by atoms with E-state index in [1.54, 1.807) is 7.11 Å². The van der Waals surface area contributed by atoms with E-state index in [-0.39, 0.29) is 12.6 Å². The maximum Gasteiger partial charge on any atom is 0.303 e. The second-order valence-corrected chi connectivity index (χ2v) is 4.23. The Morgan fingerprint density at radius 2 is 2.18 bits per heavy atom. The third-order valence-corrected chi connectivity index (χ3v) is 2.97. The Morgan fingerprint density at radius 3 is 2.88 bits per heavy atom. The van der Waals surface area contributed by atoms with Gasteiger partial charge in [0.05, 0.1) is 7.11 Å². The highest BCUT2D eigenvalue weighted by atomic mass is 16.5. The van der Waals surface area contributed by atoms with Crippen LogP contribution in [0, 0.1) is 0 Å². The van der Waals surface area contributed by atoms with Gasteiger partial charge in [-0.3, -0.25) is 9.78 Å². The molecule has 92 valence electrons. The molecule has 1 aliphatic carbocycles. The van der Waals surface area contributed by atoms with Gasteiger partial charge in [0.15, 0.2) is 0 Å². The molecule has 0 amide bonds. The summed E-state index contributed by atoms with van der Waals surface area (Å²) in [7, 11) is 1.61. The summed E-state index contributed by atoms with van der Waals surface area (Å²) in [5, 5.41) is 0. The maximum absolute atomic E-state index is 10.8. The van der Waals surface area contributed by atoms with Gasteiger partial charge in [0, 0.05) is 12.6 Å². The van der Waals surface area contributed by atoms with Crippen molar-refractivity contribution in [3.63, 3.8) is 0 Å². The van der Waals surface area contributed by atoms with Gasteiger partial charge in [-0.2, -0.15) is 0 Å². The molecule has 0 aromatic carbocycles. The molecule has 1 aromatic rings. The van der Waals surface area contributed by atoms with Crippen LogP contribution in [0.15, 0.2) is 6.07 Å². The smallest absolute Gasteiger partial charge is 0.303 e. The number of fused-ring (bicyclic) bond motifs is 1. The van der Waals surface area contributed by atoms with Crippen LogP contribution in [0.1, 0.15) is 36.7 Å². The summed E-state index contributed by atoms with van der Waals surface area (Å²) >= 11 is 0. The minimum Gasteiger partial charge on any atom is -0.495 e. The normalized spacial score (nSPS) is 14.0. The molecular formula is C13H17NO3. The Hall–Kier alpha value is -1.58. The predicted molar refractivity (Wildman–Crippen MR) is 62.9 cm³/mol. The minimum atomic E-state index is -0.299. The van der Waals surface area contributed by atoms with E-state index in [4.69, 9.17) is 9.47 Å². The highest BCUT2D eigenvalue weighted by molar-refractivity contribution is 5.65. The topological polar surface area (TPSA) is 48.4 Å². The van der Waals surface area contributed by atoms with Gasteiger partial charge in [-0.25, -0.2) is 0 Å². The third kappa shape index (κ3) is 2.75. The highest BCUT2D eigenvalue weighted by Crippen LogP contribution is 2.26. The first kappa shape index (κ1) is 11.9. The van der Waals surface area contributed by atoms with Gasteiger partial charge < -0.3 is 9.47 Å². The number of hydrogen-bond acceptors (Lipinski definition) is 4. The van der Waals surface area contributed by atoms with Gasteiger partial charge in [0.1, 0.15) is 18.1 Å². The number of methoxy groups -OCH3 is 1. The van der Waals surface area contributed by atoms with Crippen molar-refractivity contribution in [1.82, 2.24) is 4.98 Å². The molecule has 0 bridgehead atoms. The Labute approximate surface area is 101 Å². The van der Waals surface area contributed by atoms with Crippen LogP contribution in [0.5, 0.6) is 5.75 Å². The second kappa shape index (κ2) is 5.17. The van der Waals surface area contributed by atoms with Crippen LogP contribution in [-0.4, -0.2) is 18.1 Å². The summed E-state index contributed by atoms with van der Waals surface area (Å²) in [6.45, 7) is 1.58. The van der Waals surface area contributed by atoms with E-state index < -0.39 is 0 Å². The molecule has 2 rings (SSSR count). The standard InChI is InChI=1S/C13H17NO3/c1-9(15)17-8-12-13(16-2)7-10-5-3-4-6-11(10)14-12/h7H,3-6,8H2,1-2H3. The van der Waals surface area contributed by atoms with Crippen LogP contribution in [0.4, 0.5) is 0 Å². The number of aryl methyl sites for hydroxylation is 2. The van der Waals surface area contributed by atoms with Gasteiger partial charge in [-0.1, -0.05) is 0 Å². The van der Waals surface area contributed by atoms with Gasteiger partial charge in [-0.05, 0) is 37.3 Å². The molecule has 0 N–H and O–H groups in total. The van der Waals surface area contributed by atoms with E-state index in [1.807, 2.05) is 6.07 Å². The van der Waals surface area contributed by atoms with Gasteiger partial charge in [-0.15, -0.1) is 0 Å². The first-order valence-corrected chi connectivity index (χ1v) is 5.89. The average molecular weight is 235 g/mol. The van der Waals surface area contributed by atoms with E-state index >= 15 is 0 Å². The fraction of sp³-hybridized carbons (Fsp3) is 0.538. The average Bonchev–Trinajstić information content (AvgIpc) is 2.35. The molecule has 0 fully saturated rings. The number of pyridine rings is 1. The largest absolute Gasteiger partial charge is 0.495 e. The molecular weight excluding hydrogens is 218 g/mol. The van der Waals surface area contributed by atoms with Crippen LogP contribution in [0.3, 0.4) is 0 Å². The maximum atomic E-state index is 10.8. The zero-order valence-corrected chi connectivity index (χ0v) is 10.3. The number of nitrogens with zero attached hydrogens (tertiary/aromatic N) is 1. The third-order valence-electron chi connectivity index (χ3n) is 2.97. The molecule has 17 heavy (non-hydrogen) atoms. The van der Waals surface area contributed by atoms with Gasteiger partial charge >= 0.3 is 5.97 Å². The lowest BCUT2D eigenvalue weighted by Gasteiger charge is -2.18. The zero-order valence-electron chi connectivity index (χ0n) is 10.3. The Morgan fingerprint density at radius 1 is 1.41 bits per heavy atom. The van der Waals surface area contributed by atoms with E-state index in [9.17, 15) is 4.79 Å². The van der Waals surface area contributed by atoms with Crippen molar-refractivity contribution in [2.75, 3.05) is 7.11 Å². The summed E-state index contributed by atoms with van der Waals surface area (Å²) in [4.78, 5) is 15.4. The molecule has 0 saturated heterocycles. The molecule has 0 radical (unpaired) electrons. The van der Waals surface area contributed by atoms with Crippen LogP contribution in [0.2, 0.25) is 0 Å². The molecule has 0 atom stereocenters.